The number of nitrogens with zero attached hydrogens (tertiary/aromatic N) is 2. The summed E-state index contributed by atoms with van der Waals surface area (Å²) in [4.78, 5) is 27.5. The summed E-state index contributed by atoms with van der Waals surface area (Å²) in [6, 6.07) is 0. The van der Waals surface area contributed by atoms with Gasteiger partial charge in [-0.25, -0.2) is 19.6 Å². The maximum atomic E-state index is 10.3. The summed E-state index contributed by atoms with van der Waals surface area (Å²) in [5, 5.41) is 0. The monoisotopic (exact) mass is 238 g/mol. The Kier molecular flexibility index (Phi) is 9.22. The van der Waals surface area contributed by atoms with Gasteiger partial charge in [0, 0.05) is 0 Å². The van der Waals surface area contributed by atoms with Crippen molar-refractivity contribution in [3.63, 3.8) is 0 Å². The second-order valence-corrected chi connectivity index (χ2v) is 4.44. The van der Waals surface area contributed by atoms with Crippen LogP contribution in [0.25, 0.3) is 0 Å². The van der Waals surface area contributed by atoms with Gasteiger partial charge in [-0.1, -0.05) is 26.7 Å². The van der Waals surface area contributed by atoms with Crippen LogP contribution in [0.4, 0.5) is 0 Å². The molecule has 0 heterocycles. The van der Waals surface area contributed by atoms with E-state index in [0.717, 1.165) is 38.5 Å². The van der Waals surface area contributed by atoms with Gasteiger partial charge in [-0.3, -0.25) is 0 Å². The number of rotatable bonds is 10. The van der Waals surface area contributed by atoms with Crippen LogP contribution < -0.4 is 0 Å². The third kappa shape index (κ3) is 6.83. The lowest BCUT2D eigenvalue weighted by molar-refractivity contribution is 0.228. The van der Waals surface area contributed by atoms with Gasteiger partial charge in [0.15, 0.2) is 0 Å². The fraction of sp³-hybridized carbons (Fsp3) is 0.846. The zero-order valence-corrected chi connectivity index (χ0v) is 10.9. The fourth-order valence-electron chi connectivity index (χ4n) is 2.08. The van der Waals surface area contributed by atoms with Crippen LogP contribution in [-0.4, -0.2) is 25.2 Å². The van der Waals surface area contributed by atoms with Crippen molar-refractivity contribution in [3.05, 3.63) is 0 Å². The molecule has 1 unspecified atom stereocenters. The Bertz CT molecular complexity index is 292. The number of aliphatic imine (C=N–C) groups is 2. The Labute approximate surface area is 103 Å². The molecule has 0 saturated carbocycles. The highest BCUT2D eigenvalue weighted by Crippen LogP contribution is 2.34. The van der Waals surface area contributed by atoms with Crippen molar-refractivity contribution in [1.82, 2.24) is 0 Å². The molecule has 0 aliphatic heterocycles. The molecule has 0 amide bonds. The maximum Gasteiger partial charge on any atom is 0.234 e. The van der Waals surface area contributed by atoms with E-state index >= 15 is 0 Å². The Morgan fingerprint density at radius 1 is 1.00 bits per heavy atom. The predicted octanol–water partition coefficient (Wildman–Crippen LogP) is 3.02. The van der Waals surface area contributed by atoms with Crippen molar-refractivity contribution in [3.8, 4) is 0 Å². The summed E-state index contributed by atoms with van der Waals surface area (Å²) >= 11 is 0. The Balaban J connectivity index is 4.41. The predicted molar refractivity (Wildman–Crippen MR) is 67.5 cm³/mol. The van der Waals surface area contributed by atoms with Crippen molar-refractivity contribution in [2.24, 2.45) is 15.4 Å². The molecule has 4 nitrogen and oxygen atoms in total. The second kappa shape index (κ2) is 9.95. The molecule has 0 aromatic heterocycles. The van der Waals surface area contributed by atoms with E-state index in [1.54, 1.807) is 12.2 Å². The standard InChI is InChI=1S/C13H22N2O2/c1-3-5-7-13(4-2,10-15-12-17)8-6-9-14-11-16/h3-10H2,1-2H3. The molecule has 0 saturated heterocycles. The number of isocyanates is 2. The van der Waals surface area contributed by atoms with Gasteiger partial charge in [0.2, 0.25) is 12.2 Å². The van der Waals surface area contributed by atoms with Crippen LogP contribution in [0, 0.1) is 5.41 Å². The van der Waals surface area contributed by atoms with Crippen LogP contribution in [0.3, 0.4) is 0 Å². The molecule has 0 bridgehead atoms. The summed E-state index contributed by atoms with van der Waals surface area (Å²) in [6.45, 7) is 5.33. The average molecular weight is 238 g/mol. The largest absolute Gasteiger partial charge is 0.234 e. The highest BCUT2D eigenvalue weighted by molar-refractivity contribution is 5.33. The highest BCUT2D eigenvalue weighted by atomic mass is 16.1. The van der Waals surface area contributed by atoms with E-state index in [0.29, 0.717) is 13.1 Å². The molecular formula is C13H22N2O2. The molecule has 0 aliphatic carbocycles. The van der Waals surface area contributed by atoms with E-state index < -0.39 is 0 Å². The lowest BCUT2D eigenvalue weighted by atomic mass is 9.76. The first kappa shape index (κ1) is 15.8. The van der Waals surface area contributed by atoms with Crippen LogP contribution >= 0.6 is 0 Å². The molecule has 0 spiro atoms. The number of carbonyl (C=O) groups excluding carboxylic acids is 2. The highest BCUT2D eigenvalue weighted by Gasteiger charge is 2.26. The van der Waals surface area contributed by atoms with Gasteiger partial charge in [-0.15, -0.1) is 0 Å². The summed E-state index contributed by atoms with van der Waals surface area (Å²) in [6.07, 6.45) is 9.30. The zero-order valence-electron chi connectivity index (χ0n) is 10.9. The van der Waals surface area contributed by atoms with Gasteiger partial charge in [0.1, 0.15) is 0 Å². The van der Waals surface area contributed by atoms with E-state index in [1.165, 1.54) is 0 Å². The fourth-order valence-corrected chi connectivity index (χ4v) is 2.08. The molecule has 96 valence electrons. The van der Waals surface area contributed by atoms with Crippen LogP contribution in [0.5, 0.6) is 0 Å². The first-order valence-corrected chi connectivity index (χ1v) is 6.32. The lowest BCUT2D eigenvalue weighted by Crippen LogP contribution is -2.24. The second-order valence-electron chi connectivity index (χ2n) is 4.44. The first-order valence-electron chi connectivity index (χ1n) is 6.32. The molecule has 0 N–H and O–H groups in total. The smallest absolute Gasteiger partial charge is 0.211 e. The first-order chi connectivity index (χ1) is 8.24. The van der Waals surface area contributed by atoms with Crippen LogP contribution in [-0.2, 0) is 9.59 Å². The quantitative estimate of drug-likeness (QED) is 0.333. The van der Waals surface area contributed by atoms with Crippen molar-refractivity contribution >= 4 is 12.2 Å². The summed E-state index contributed by atoms with van der Waals surface area (Å²) in [7, 11) is 0. The molecule has 0 aromatic carbocycles. The third-order valence-corrected chi connectivity index (χ3v) is 3.33. The van der Waals surface area contributed by atoms with Crippen molar-refractivity contribution in [2.45, 2.75) is 52.4 Å². The Morgan fingerprint density at radius 2 is 1.65 bits per heavy atom. The molecule has 0 aromatic rings. The van der Waals surface area contributed by atoms with Gasteiger partial charge in [-0.05, 0) is 31.1 Å². The average Bonchev–Trinajstić information content (AvgIpc) is 2.37. The lowest BCUT2D eigenvalue weighted by Gasteiger charge is -2.30. The topological polar surface area (TPSA) is 58.9 Å². The summed E-state index contributed by atoms with van der Waals surface area (Å²) in [5.41, 5.74) is 0.0752. The van der Waals surface area contributed by atoms with E-state index in [2.05, 4.69) is 23.8 Å². The van der Waals surface area contributed by atoms with Gasteiger partial charge in [-0.2, -0.15) is 0 Å². The SMILES string of the molecule is CCCCC(CC)(CCCN=C=O)CN=C=O. The molecule has 1 atom stereocenters. The van der Waals surface area contributed by atoms with Crippen LogP contribution in [0.2, 0.25) is 0 Å². The maximum absolute atomic E-state index is 10.3. The van der Waals surface area contributed by atoms with Gasteiger partial charge >= 0.3 is 0 Å². The Hall–Kier alpha value is -1.24. The van der Waals surface area contributed by atoms with Gasteiger partial charge < -0.3 is 0 Å². The molecule has 17 heavy (non-hydrogen) atoms. The molecule has 0 radical (unpaired) electrons. The Morgan fingerprint density at radius 3 is 2.18 bits per heavy atom. The van der Waals surface area contributed by atoms with Crippen LogP contribution in [0.15, 0.2) is 9.98 Å². The van der Waals surface area contributed by atoms with Crippen LogP contribution in [0.1, 0.15) is 52.4 Å². The number of hydrogen-bond donors (Lipinski definition) is 0. The molecule has 0 rings (SSSR count). The summed E-state index contributed by atoms with van der Waals surface area (Å²) in [5.74, 6) is 0. The van der Waals surface area contributed by atoms with Crippen molar-refractivity contribution in [1.29, 1.82) is 0 Å². The molecule has 0 aliphatic rings. The molecular weight excluding hydrogens is 216 g/mol. The minimum absolute atomic E-state index is 0.0752. The van der Waals surface area contributed by atoms with E-state index in [9.17, 15) is 9.59 Å². The van der Waals surface area contributed by atoms with E-state index in [-0.39, 0.29) is 5.41 Å². The third-order valence-electron chi connectivity index (χ3n) is 3.33. The molecule has 0 fully saturated rings. The minimum Gasteiger partial charge on any atom is -0.211 e. The van der Waals surface area contributed by atoms with Gasteiger partial charge in [0.05, 0.1) is 13.1 Å². The minimum atomic E-state index is 0.0752. The van der Waals surface area contributed by atoms with E-state index in [4.69, 9.17) is 0 Å². The number of hydrogen-bond acceptors (Lipinski definition) is 4. The van der Waals surface area contributed by atoms with Crippen molar-refractivity contribution < 1.29 is 9.59 Å². The number of unbranched alkanes of at least 4 members (excludes halogenated alkanes) is 1. The van der Waals surface area contributed by atoms with Crippen molar-refractivity contribution in [2.75, 3.05) is 13.1 Å². The molecule has 4 heteroatoms. The summed E-state index contributed by atoms with van der Waals surface area (Å²) < 4.78 is 0. The van der Waals surface area contributed by atoms with Gasteiger partial charge in [0.25, 0.3) is 0 Å². The normalized spacial score (nSPS) is 13.3. The van der Waals surface area contributed by atoms with E-state index in [1.807, 2.05) is 0 Å². The zero-order chi connectivity index (χ0) is 13.0.